The molecule has 1 aromatic carbocycles. The molecule has 3 rings (SSSR count). The molecule has 1 aromatic heterocycles. The first-order valence-corrected chi connectivity index (χ1v) is 7.87. The van der Waals surface area contributed by atoms with Crippen LogP contribution in [0, 0.1) is 17.6 Å². The number of hydrogen-bond donors (Lipinski definition) is 1. The molecule has 0 bridgehead atoms. The first-order chi connectivity index (χ1) is 11.2. The fraction of sp³-hybridized carbons (Fsp3) is 0.412. The molecular weight excluding hydrogens is 298 g/mol. The van der Waals surface area contributed by atoms with Gasteiger partial charge in [-0.05, 0) is 37.9 Å². The highest BCUT2D eigenvalue weighted by atomic mass is 19.1. The van der Waals surface area contributed by atoms with E-state index in [1.165, 1.54) is 18.5 Å². The maximum atomic E-state index is 14.0. The van der Waals surface area contributed by atoms with Crippen LogP contribution in [0.1, 0.15) is 18.4 Å². The number of benzene rings is 1. The Morgan fingerprint density at radius 2 is 1.87 bits per heavy atom. The van der Waals surface area contributed by atoms with Gasteiger partial charge in [0, 0.05) is 24.7 Å². The molecule has 2 aromatic rings. The normalized spacial score (nSPS) is 15.6. The van der Waals surface area contributed by atoms with Crippen LogP contribution in [-0.2, 0) is 6.54 Å². The van der Waals surface area contributed by atoms with Crippen LogP contribution in [0.25, 0.3) is 0 Å². The summed E-state index contributed by atoms with van der Waals surface area (Å²) in [4.78, 5) is 10.2. The summed E-state index contributed by atoms with van der Waals surface area (Å²) in [5.41, 5.74) is 1.33. The molecule has 0 saturated carbocycles. The minimum absolute atomic E-state index is 0.378. The molecule has 1 fully saturated rings. The summed E-state index contributed by atoms with van der Waals surface area (Å²) in [5, 5.41) is 3.35. The van der Waals surface area contributed by atoms with Crippen molar-refractivity contribution in [3.8, 4) is 0 Å². The number of nitrogens with one attached hydrogen (secondary N) is 1. The number of nitrogens with zero attached hydrogens (tertiary/aromatic N) is 3. The van der Waals surface area contributed by atoms with E-state index in [2.05, 4.69) is 20.2 Å². The van der Waals surface area contributed by atoms with Crippen molar-refractivity contribution < 1.29 is 8.78 Å². The average Bonchev–Trinajstić information content (AvgIpc) is 2.58. The minimum Gasteiger partial charge on any atom is -0.364 e. The molecule has 122 valence electrons. The highest BCUT2D eigenvalue weighted by molar-refractivity contribution is 5.42. The van der Waals surface area contributed by atoms with Crippen LogP contribution in [0.5, 0.6) is 0 Å². The van der Waals surface area contributed by atoms with Crippen molar-refractivity contribution in [3.63, 3.8) is 0 Å². The van der Waals surface area contributed by atoms with Gasteiger partial charge >= 0.3 is 0 Å². The summed E-state index contributed by atoms with van der Waals surface area (Å²) < 4.78 is 27.1. The van der Waals surface area contributed by atoms with Crippen LogP contribution in [-0.4, -0.2) is 29.6 Å². The van der Waals surface area contributed by atoms with Gasteiger partial charge in [-0.3, -0.25) is 0 Å². The molecular formula is C17H20F2N4. The molecule has 0 unspecified atom stereocenters. The van der Waals surface area contributed by atoms with Crippen LogP contribution >= 0.6 is 0 Å². The standard InChI is InChI=1S/C17H20F2N4/c18-15-2-1-14(17(19)7-15)11-23(16-8-21-12-22-9-16)10-13-3-5-20-6-4-13/h1-2,7-9,12-13,20H,3-6,10-11H2. The van der Waals surface area contributed by atoms with Gasteiger partial charge in [0.1, 0.15) is 18.0 Å². The Kier molecular flexibility index (Phi) is 5.12. The molecule has 1 aliphatic rings. The Bertz CT molecular complexity index is 630. The SMILES string of the molecule is Fc1ccc(CN(CC2CCNCC2)c2cncnc2)c(F)c1. The average molecular weight is 318 g/mol. The number of piperidine rings is 1. The van der Waals surface area contributed by atoms with E-state index in [0.29, 0.717) is 18.0 Å². The van der Waals surface area contributed by atoms with Crippen LogP contribution in [0.3, 0.4) is 0 Å². The van der Waals surface area contributed by atoms with Gasteiger partial charge in [-0.1, -0.05) is 6.07 Å². The van der Waals surface area contributed by atoms with E-state index < -0.39 is 11.6 Å². The van der Waals surface area contributed by atoms with E-state index >= 15 is 0 Å². The third-order valence-electron chi connectivity index (χ3n) is 4.23. The lowest BCUT2D eigenvalue weighted by molar-refractivity contribution is 0.372. The van der Waals surface area contributed by atoms with E-state index in [1.807, 2.05) is 0 Å². The summed E-state index contributed by atoms with van der Waals surface area (Å²) in [6, 6.07) is 3.73. The van der Waals surface area contributed by atoms with Crippen molar-refractivity contribution in [2.24, 2.45) is 5.92 Å². The third-order valence-corrected chi connectivity index (χ3v) is 4.23. The predicted octanol–water partition coefficient (Wildman–Crippen LogP) is 2.76. The molecule has 0 radical (unpaired) electrons. The van der Waals surface area contributed by atoms with Crippen molar-refractivity contribution in [2.75, 3.05) is 24.5 Å². The van der Waals surface area contributed by atoms with E-state index in [4.69, 9.17) is 0 Å². The Hall–Kier alpha value is -2.08. The summed E-state index contributed by atoms with van der Waals surface area (Å²) in [6.45, 7) is 3.21. The lowest BCUT2D eigenvalue weighted by Crippen LogP contribution is -2.36. The van der Waals surface area contributed by atoms with Crippen LogP contribution in [0.2, 0.25) is 0 Å². The second-order valence-corrected chi connectivity index (χ2v) is 5.91. The molecule has 23 heavy (non-hydrogen) atoms. The maximum Gasteiger partial charge on any atom is 0.131 e. The van der Waals surface area contributed by atoms with Crippen molar-refractivity contribution in [3.05, 3.63) is 54.1 Å². The van der Waals surface area contributed by atoms with Gasteiger partial charge in [-0.15, -0.1) is 0 Å². The number of aromatic nitrogens is 2. The van der Waals surface area contributed by atoms with E-state index in [0.717, 1.165) is 44.2 Å². The highest BCUT2D eigenvalue weighted by Crippen LogP contribution is 2.22. The van der Waals surface area contributed by atoms with Crippen molar-refractivity contribution in [2.45, 2.75) is 19.4 Å². The highest BCUT2D eigenvalue weighted by Gasteiger charge is 2.19. The van der Waals surface area contributed by atoms with Gasteiger partial charge in [0.15, 0.2) is 0 Å². The second-order valence-electron chi connectivity index (χ2n) is 5.91. The van der Waals surface area contributed by atoms with Gasteiger partial charge < -0.3 is 10.2 Å². The summed E-state index contributed by atoms with van der Waals surface area (Å²) >= 11 is 0. The van der Waals surface area contributed by atoms with E-state index in [-0.39, 0.29) is 0 Å². The summed E-state index contributed by atoms with van der Waals surface area (Å²) in [7, 11) is 0. The second kappa shape index (κ2) is 7.46. The lowest BCUT2D eigenvalue weighted by Gasteiger charge is -2.31. The lowest BCUT2D eigenvalue weighted by atomic mass is 9.97. The fourth-order valence-corrected chi connectivity index (χ4v) is 2.95. The van der Waals surface area contributed by atoms with Gasteiger partial charge in [0.25, 0.3) is 0 Å². The quantitative estimate of drug-likeness (QED) is 0.920. The molecule has 0 atom stereocenters. The first-order valence-electron chi connectivity index (χ1n) is 7.87. The molecule has 0 aliphatic carbocycles. The zero-order valence-electron chi connectivity index (χ0n) is 12.9. The Balaban J connectivity index is 1.79. The predicted molar refractivity (Wildman–Crippen MR) is 85.0 cm³/mol. The smallest absolute Gasteiger partial charge is 0.131 e. The minimum atomic E-state index is -0.556. The fourth-order valence-electron chi connectivity index (χ4n) is 2.95. The third kappa shape index (κ3) is 4.22. The molecule has 1 saturated heterocycles. The monoisotopic (exact) mass is 318 g/mol. The summed E-state index contributed by atoms with van der Waals surface area (Å²) in [6.07, 6.45) is 7.13. The number of anilines is 1. The van der Waals surface area contributed by atoms with Crippen LogP contribution in [0.15, 0.2) is 36.9 Å². The van der Waals surface area contributed by atoms with Crippen LogP contribution in [0.4, 0.5) is 14.5 Å². The number of hydrogen-bond acceptors (Lipinski definition) is 4. The molecule has 0 spiro atoms. The first kappa shape index (κ1) is 15.8. The Morgan fingerprint density at radius 3 is 2.57 bits per heavy atom. The molecule has 6 heteroatoms. The van der Waals surface area contributed by atoms with Crippen LogP contribution < -0.4 is 10.2 Å². The van der Waals surface area contributed by atoms with Gasteiger partial charge in [0.05, 0.1) is 18.1 Å². The number of halogens is 2. The number of rotatable bonds is 5. The maximum absolute atomic E-state index is 14.0. The van der Waals surface area contributed by atoms with Gasteiger partial charge in [-0.2, -0.15) is 0 Å². The molecule has 4 nitrogen and oxygen atoms in total. The molecule has 1 aliphatic heterocycles. The zero-order chi connectivity index (χ0) is 16.1. The van der Waals surface area contributed by atoms with Crippen molar-refractivity contribution in [1.82, 2.24) is 15.3 Å². The largest absolute Gasteiger partial charge is 0.364 e. The Morgan fingerprint density at radius 1 is 1.13 bits per heavy atom. The molecule has 0 amide bonds. The Labute approximate surface area is 134 Å². The molecule has 1 N–H and O–H groups in total. The van der Waals surface area contributed by atoms with E-state index in [1.54, 1.807) is 12.4 Å². The van der Waals surface area contributed by atoms with E-state index in [9.17, 15) is 8.78 Å². The van der Waals surface area contributed by atoms with Gasteiger partial charge in [-0.25, -0.2) is 18.7 Å². The summed E-state index contributed by atoms with van der Waals surface area (Å²) in [5.74, 6) is -0.531. The zero-order valence-corrected chi connectivity index (χ0v) is 12.9. The molecule has 2 heterocycles. The topological polar surface area (TPSA) is 41.0 Å². The van der Waals surface area contributed by atoms with Crippen molar-refractivity contribution in [1.29, 1.82) is 0 Å². The van der Waals surface area contributed by atoms with Crippen molar-refractivity contribution >= 4 is 5.69 Å². The van der Waals surface area contributed by atoms with Gasteiger partial charge in [0.2, 0.25) is 0 Å².